The summed E-state index contributed by atoms with van der Waals surface area (Å²) in [6, 6.07) is 5.05. The van der Waals surface area contributed by atoms with Crippen LogP contribution in [0.25, 0.3) is 16.9 Å². The van der Waals surface area contributed by atoms with E-state index in [0.717, 1.165) is 13.0 Å². The van der Waals surface area contributed by atoms with Crippen LogP contribution in [0, 0.1) is 12.7 Å². The van der Waals surface area contributed by atoms with Crippen LogP contribution in [0.4, 0.5) is 28.2 Å². The molecule has 0 saturated heterocycles. The number of aromatic nitrogens is 4. The number of hydrogen-bond acceptors (Lipinski definition) is 7. The molecule has 11 nitrogen and oxygen atoms in total. The molecule has 0 spiro atoms. The van der Waals surface area contributed by atoms with Gasteiger partial charge in [-0.25, -0.2) is 23.6 Å². The van der Waals surface area contributed by atoms with Gasteiger partial charge in [-0.05, 0) is 50.2 Å². The van der Waals surface area contributed by atoms with Gasteiger partial charge in [0.15, 0.2) is 11.5 Å². The number of nitrogens with zero attached hydrogens (tertiary/aromatic N) is 5. The fourth-order valence-electron chi connectivity index (χ4n) is 3.90. The van der Waals surface area contributed by atoms with Gasteiger partial charge >= 0.3 is 12.5 Å². The number of rotatable bonds is 6. The molecular formula is C25H20F4N6O5. The van der Waals surface area contributed by atoms with Crippen molar-refractivity contribution in [2.75, 3.05) is 5.32 Å². The molecule has 0 saturated carbocycles. The van der Waals surface area contributed by atoms with E-state index in [2.05, 4.69) is 25.1 Å². The number of hydrogen-bond donors (Lipinski definition) is 2. The summed E-state index contributed by atoms with van der Waals surface area (Å²) >= 11 is 0. The second-order valence-corrected chi connectivity index (χ2v) is 8.55. The third-order valence-electron chi connectivity index (χ3n) is 5.70. The van der Waals surface area contributed by atoms with Crippen LogP contribution in [0.1, 0.15) is 41.5 Å². The lowest BCUT2D eigenvalue weighted by atomic mass is 10.0. The Morgan fingerprint density at radius 3 is 2.52 bits per heavy atom. The van der Waals surface area contributed by atoms with Crippen molar-refractivity contribution < 1.29 is 41.8 Å². The summed E-state index contributed by atoms with van der Waals surface area (Å²) in [6.45, 7) is 3.92. The molecule has 1 aromatic carbocycles. The highest BCUT2D eigenvalue weighted by atomic mass is 19.4. The molecule has 0 fully saturated rings. The van der Waals surface area contributed by atoms with E-state index in [0.29, 0.717) is 29.0 Å². The number of ether oxygens (including phenoxy) is 1. The zero-order valence-electron chi connectivity index (χ0n) is 21.0. The summed E-state index contributed by atoms with van der Waals surface area (Å²) in [5, 5.41) is 16.8. The van der Waals surface area contributed by atoms with Crippen LogP contribution >= 0.6 is 0 Å². The Morgan fingerprint density at radius 2 is 1.88 bits per heavy atom. The van der Waals surface area contributed by atoms with Crippen LogP contribution in [-0.2, 0) is 4.79 Å². The first-order chi connectivity index (χ1) is 18.7. The van der Waals surface area contributed by atoms with E-state index < -0.39 is 41.5 Å². The Morgan fingerprint density at radius 1 is 1.15 bits per heavy atom. The quantitative estimate of drug-likeness (QED) is 0.315. The van der Waals surface area contributed by atoms with Gasteiger partial charge in [-0.15, -0.1) is 13.2 Å². The lowest BCUT2D eigenvalue weighted by Crippen LogP contribution is -2.38. The summed E-state index contributed by atoms with van der Waals surface area (Å²) in [6.07, 6.45) is -3.97. The van der Waals surface area contributed by atoms with Crippen molar-refractivity contribution in [1.82, 2.24) is 24.5 Å². The fraction of sp³-hybridized carbons (Fsp3) is 0.200. The number of carbonyl (C=O) groups is 3. The van der Waals surface area contributed by atoms with Crippen molar-refractivity contribution >= 4 is 29.4 Å². The largest absolute Gasteiger partial charge is 0.573 e. The number of alkyl halides is 3. The summed E-state index contributed by atoms with van der Waals surface area (Å²) < 4.78 is 57.8. The minimum Gasteiger partial charge on any atom is -0.465 e. The average Bonchev–Trinajstić information content (AvgIpc) is 3.25. The maximum Gasteiger partial charge on any atom is 0.573 e. The molecular weight excluding hydrogens is 540 g/mol. The van der Waals surface area contributed by atoms with E-state index in [1.807, 2.05) is 0 Å². The van der Waals surface area contributed by atoms with Crippen LogP contribution in [0.15, 0.2) is 48.8 Å². The Labute approximate surface area is 223 Å². The van der Waals surface area contributed by atoms with Gasteiger partial charge in [-0.1, -0.05) is 0 Å². The number of imidazole rings is 1. The number of imide groups is 1. The summed E-state index contributed by atoms with van der Waals surface area (Å²) in [7, 11) is 0. The molecule has 2 N–H and O–H groups in total. The van der Waals surface area contributed by atoms with Crippen LogP contribution in [-0.4, -0.2) is 53.9 Å². The molecule has 0 bridgehead atoms. The summed E-state index contributed by atoms with van der Waals surface area (Å²) in [5.74, 6) is -2.98. The average molecular weight is 560 g/mol. The van der Waals surface area contributed by atoms with Gasteiger partial charge in [-0.3, -0.25) is 14.6 Å². The van der Waals surface area contributed by atoms with Crippen molar-refractivity contribution in [2.45, 2.75) is 33.2 Å². The summed E-state index contributed by atoms with van der Waals surface area (Å²) in [4.78, 5) is 45.5. The highest BCUT2D eigenvalue weighted by Gasteiger charge is 2.34. The third-order valence-corrected chi connectivity index (χ3v) is 5.70. The number of aryl methyl sites for hydroxylation is 1. The fourth-order valence-corrected chi connectivity index (χ4v) is 3.90. The molecule has 208 valence electrons. The Kier molecular flexibility index (Phi) is 7.40. The van der Waals surface area contributed by atoms with Crippen LogP contribution in [0.2, 0.25) is 0 Å². The number of carboxylic acid groups (broad SMARTS) is 1. The van der Waals surface area contributed by atoms with Gasteiger partial charge in [-0.2, -0.15) is 5.10 Å². The van der Waals surface area contributed by atoms with Crippen LogP contribution < -0.4 is 10.1 Å². The van der Waals surface area contributed by atoms with Crippen LogP contribution in [0.3, 0.4) is 0 Å². The zero-order chi connectivity index (χ0) is 29.4. The van der Waals surface area contributed by atoms with Gasteiger partial charge < -0.3 is 15.2 Å². The highest BCUT2D eigenvalue weighted by molar-refractivity contribution is 6.04. The monoisotopic (exact) mass is 560 g/mol. The zero-order valence-corrected chi connectivity index (χ0v) is 21.0. The van der Waals surface area contributed by atoms with E-state index in [1.54, 1.807) is 12.1 Å². The second kappa shape index (κ2) is 10.6. The maximum absolute atomic E-state index is 14.6. The molecule has 4 rings (SSSR count). The van der Waals surface area contributed by atoms with Crippen molar-refractivity contribution in [3.63, 3.8) is 0 Å². The minimum absolute atomic E-state index is 0.137. The lowest BCUT2D eigenvalue weighted by molar-refractivity contribution is -0.274. The number of anilines is 1. The molecule has 3 amide bonds. The SMILES string of the molecule is CC(=O)Nc1cn2nc(-c3cnc(C)c(C(=O)N(C(=O)O)[C@H](C)c4cc(OC(F)(F)F)ccc4F)c3)ccc2n1. The lowest BCUT2D eigenvalue weighted by Gasteiger charge is -2.26. The standard InChI is InChI=1S/C25H20F4N6O5/c1-12-17(8-15(10-30-12)20-6-7-22-32-21(31-14(3)36)11-34(22)33-20)23(37)35(24(38)39)13(2)18-9-16(4-5-19(18)26)40-25(27,28)29/h4-11,13H,1-3H3,(H,31,36)(H,38,39)/t13-/m1/s1. The number of carbonyl (C=O) groups excluding carboxylic acids is 2. The normalized spacial score (nSPS) is 12.2. The Hall–Kier alpha value is -5.08. The van der Waals surface area contributed by atoms with E-state index in [1.165, 1.54) is 36.8 Å². The molecule has 0 unspecified atom stereocenters. The second-order valence-electron chi connectivity index (χ2n) is 8.55. The van der Waals surface area contributed by atoms with Crippen molar-refractivity contribution in [3.05, 3.63) is 71.4 Å². The number of pyridine rings is 1. The molecule has 0 aliphatic rings. The Bertz CT molecular complexity index is 1640. The number of halogens is 4. The number of amides is 3. The predicted molar refractivity (Wildman–Crippen MR) is 131 cm³/mol. The maximum atomic E-state index is 14.6. The van der Waals surface area contributed by atoms with Crippen LogP contribution in [0.5, 0.6) is 5.75 Å². The molecule has 1 atom stereocenters. The van der Waals surface area contributed by atoms with Crippen molar-refractivity contribution in [1.29, 1.82) is 0 Å². The third kappa shape index (κ3) is 5.98. The van der Waals surface area contributed by atoms with E-state index in [-0.39, 0.29) is 27.9 Å². The highest BCUT2D eigenvalue weighted by Crippen LogP contribution is 2.31. The first-order valence-corrected chi connectivity index (χ1v) is 11.5. The first kappa shape index (κ1) is 27.9. The molecule has 3 aromatic heterocycles. The van der Waals surface area contributed by atoms with E-state index in [9.17, 15) is 37.1 Å². The number of nitrogens with one attached hydrogen (secondary N) is 1. The first-order valence-electron chi connectivity index (χ1n) is 11.5. The smallest absolute Gasteiger partial charge is 0.465 e. The van der Waals surface area contributed by atoms with Gasteiger partial charge in [0, 0.05) is 24.2 Å². The minimum atomic E-state index is -5.07. The summed E-state index contributed by atoms with van der Waals surface area (Å²) in [5.41, 5.74) is 0.504. The van der Waals surface area contributed by atoms with Gasteiger partial charge in [0.05, 0.1) is 29.2 Å². The topological polar surface area (TPSA) is 139 Å². The molecule has 3 heterocycles. The number of benzene rings is 1. The van der Waals surface area contributed by atoms with E-state index >= 15 is 0 Å². The molecule has 40 heavy (non-hydrogen) atoms. The molecule has 0 aliphatic heterocycles. The van der Waals surface area contributed by atoms with E-state index in [4.69, 9.17) is 0 Å². The van der Waals surface area contributed by atoms with Gasteiger partial charge in [0.2, 0.25) is 5.91 Å². The molecule has 4 aromatic rings. The number of fused-ring (bicyclic) bond motifs is 1. The van der Waals surface area contributed by atoms with Crippen molar-refractivity contribution in [2.24, 2.45) is 0 Å². The molecule has 15 heteroatoms. The van der Waals surface area contributed by atoms with Gasteiger partial charge in [0.1, 0.15) is 11.6 Å². The van der Waals surface area contributed by atoms with Gasteiger partial charge in [0.25, 0.3) is 5.91 Å². The van der Waals surface area contributed by atoms with Crippen molar-refractivity contribution in [3.8, 4) is 17.0 Å². The Balaban J connectivity index is 1.70. The molecule has 0 aliphatic carbocycles. The predicted octanol–water partition coefficient (Wildman–Crippen LogP) is 4.98. The molecule has 0 radical (unpaired) electrons.